The van der Waals surface area contributed by atoms with Crippen LogP contribution in [0.1, 0.15) is 64.5 Å². The van der Waals surface area contributed by atoms with E-state index >= 15 is 0 Å². The molecule has 2 aromatic carbocycles. The SMILES string of the molecule is CC(C(=O)NC1CCCC1)N(Cc1ccc(Br)cc1)C(=O)COc1ccc(C(C)(C)C)cc1Br. The fourth-order valence-corrected chi connectivity index (χ4v) is 4.83. The molecule has 1 N–H and O–H groups in total. The van der Waals surface area contributed by atoms with Gasteiger partial charge in [0, 0.05) is 17.1 Å². The molecule has 1 unspecified atom stereocenters. The van der Waals surface area contributed by atoms with Gasteiger partial charge in [-0.25, -0.2) is 0 Å². The maximum atomic E-state index is 13.3. The highest BCUT2D eigenvalue weighted by Crippen LogP contribution is 2.31. The zero-order valence-corrected chi connectivity index (χ0v) is 23.5. The minimum atomic E-state index is -0.605. The van der Waals surface area contributed by atoms with Crippen LogP contribution >= 0.6 is 31.9 Å². The van der Waals surface area contributed by atoms with Crippen molar-refractivity contribution in [3.8, 4) is 5.75 Å². The van der Waals surface area contributed by atoms with Crippen LogP contribution in [0.3, 0.4) is 0 Å². The summed E-state index contributed by atoms with van der Waals surface area (Å²) in [5.74, 6) is 0.255. The second kappa shape index (κ2) is 11.7. The summed E-state index contributed by atoms with van der Waals surface area (Å²) in [5, 5.41) is 3.12. The summed E-state index contributed by atoms with van der Waals surface area (Å²) in [6.07, 6.45) is 4.27. The van der Waals surface area contributed by atoms with Crippen LogP contribution in [0.2, 0.25) is 0 Å². The van der Waals surface area contributed by atoms with E-state index in [0.717, 1.165) is 40.2 Å². The van der Waals surface area contributed by atoms with E-state index < -0.39 is 6.04 Å². The maximum Gasteiger partial charge on any atom is 0.261 e. The highest BCUT2D eigenvalue weighted by molar-refractivity contribution is 9.10. The summed E-state index contributed by atoms with van der Waals surface area (Å²) < 4.78 is 7.66. The van der Waals surface area contributed by atoms with Gasteiger partial charge in [0.05, 0.1) is 4.47 Å². The Bertz CT molecular complexity index is 996. The molecule has 0 bridgehead atoms. The molecule has 0 heterocycles. The molecular weight excluding hydrogens is 560 g/mol. The molecule has 5 nitrogen and oxygen atoms in total. The Morgan fingerprint density at radius 3 is 2.32 bits per heavy atom. The summed E-state index contributed by atoms with van der Waals surface area (Å²) >= 11 is 7.02. The van der Waals surface area contributed by atoms with Crippen LogP contribution in [0.15, 0.2) is 51.4 Å². The topological polar surface area (TPSA) is 58.6 Å². The fourth-order valence-electron chi connectivity index (χ4n) is 4.07. The summed E-state index contributed by atoms with van der Waals surface area (Å²) in [5.41, 5.74) is 2.14. The Kier molecular flexibility index (Phi) is 9.21. The van der Waals surface area contributed by atoms with Gasteiger partial charge in [-0.2, -0.15) is 0 Å². The molecule has 1 fully saturated rings. The Morgan fingerprint density at radius 1 is 1.09 bits per heavy atom. The van der Waals surface area contributed by atoms with Crippen molar-refractivity contribution >= 4 is 43.7 Å². The van der Waals surface area contributed by atoms with Crippen LogP contribution in [-0.4, -0.2) is 35.4 Å². The van der Waals surface area contributed by atoms with Crippen LogP contribution in [0, 0.1) is 0 Å². The van der Waals surface area contributed by atoms with Crippen molar-refractivity contribution in [3.63, 3.8) is 0 Å². The molecular formula is C27H34Br2N2O3. The highest BCUT2D eigenvalue weighted by Gasteiger charge is 2.29. The molecule has 0 aliphatic heterocycles. The van der Waals surface area contributed by atoms with Gasteiger partial charge in [-0.3, -0.25) is 9.59 Å². The molecule has 34 heavy (non-hydrogen) atoms. The van der Waals surface area contributed by atoms with E-state index in [1.54, 1.807) is 11.8 Å². The van der Waals surface area contributed by atoms with Gasteiger partial charge in [0.25, 0.3) is 5.91 Å². The molecule has 0 saturated heterocycles. The van der Waals surface area contributed by atoms with Gasteiger partial charge in [0.1, 0.15) is 11.8 Å². The summed E-state index contributed by atoms with van der Waals surface area (Å²) in [7, 11) is 0. The van der Waals surface area contributed by atoms with Crippen molar-refractivity contribution in [2.45, 2.75) is 77.4 Å². The molecule has 0 radical (unpaired) electrons. The number of benzene rings is 2. The van der Waals surface area contributed by atoms with Gasteiger partial charge in [0.15, 0.2) is 6.61 Å². The van der Waals surface area contributed by atoms with Crippen molar-refractivity contribution in [2.24, 2.45) is 0 Å². The Labute approximate surface area is 219 Å². The summed E-state index contributed by atoms with van der Waals surface area (Å²) in [6.45, 7) is 8.42. The lowest BCUT2D eigenvalue weighted by Crippen LogP contribution is -2.50. The normalized spacial score (nSPS) is 15.1. The molecule has 3 rings (SSSR count). The first kappa shape index (κ1) is 26.7. The van der Waals surface area contributed by atoms with Crippen LogP contribution in [0.5, 0.6) is 5.75 Å². The third-order valence-electron chi connectivity index (χ3n) is 6.28. The molecule has 7 heteroatoms. The maximum absolute atomic E-state index is 13.3. The van der Waals surface area contributed by atoms with E-state index in [0.29, 0.717) is 12.3 Å². The lowest BCUT2D eigenvalue weighted by Gasteiger charge is -2.30. The number of carbonyl (C=O) groups excluding carboxylic acids is 2. The Hall–Kier alpha value is -1.86. The molecule has 1 atom stereocenters. The van der Waals surface area contributed by atoms with Crippen molar-refractivity contribution < 1.29 is 14.3 Å². The summed E-state index contributed by atoms with van der Waals surface area (Å²) in [4.78, 5) is 27.9. The van der Waals surface area contributed by atoms with E-state index in [1.807, 2.05) is 42.5 Å². The van der Waals surface area contributed by atoms with Crippen LogP contribution in [0.4, 0.5) is 0 Å². The number of carbonyl (C=O) groups is 2. The van der Waals surface area contributed by atoms with Gasteiger partial charge in [-0.1, -0.05) is 67.7 Å². The Morgan fingerprint density at radius 2 is 1.74 bits per heavy atom. The summed E-state index contributed by atoms with van der Waals surface area (Å²) in [6, 6.07) is 13.3. The Balaban J connectivity index is 1.72. The monoisotopic (exact) mass is 592 g/mol. The molecule has 0 aromatic heterocycles. The first-order valence-corrected chi connectivity index (χ1v) is 13.4. The lowest BCUT2D eigenvalue weighted by molar-refractivity contribution is -0.142. The molecule has 1 saturated carbocycles. The number of ether oxygens (including phenoxy) is 1. The lowest BCUT2D eigenvalue weighted by atomic mass is 9.87. The second-order valence-electron chi connectivity index (χ2n) is 10.00. The minimum Gasteiger partial charge on any atom is -0.483 e. The third kappa shape index (κ3) is 7.32. The minimum absolute atomic E-state index is 0.0143. The van der Waals surface area contributed by atoms with Crippen molar-refractivity contribution in [1.29, 1.82) is 0 Å². The quantitative estimate of drug-likeness (QED) is 0.387. The zero-order chi connectivity index (χ0) is 24.9. The van der Waals surface area contributed by atoms with Gasteiger partial charge in [-0.15, -0.1) is 0 Å². The first-order chi connectivity index (χ1) is 16.0. The number of amides is 2. The number of nitrogens with one attached hydrogen (secondary N) is 1. The van der Waals surface area contributed by atoms with E-state index in [1.165, 1.54) is 5.56 Å². The standard InChI is InChI=1S/C27H34Br2N2O3/c1-18(26(33)30-22-7-5-6-8-22)31(16-19-9-12-21(28)13-10-19)25(32)17-34-24-14-11-20(15-23(24)29)27(2,3)4/h9-15,18,22H,5-8,16-17H2,1-4H3,(H,30,33). The second-order valence-corrected chi connectivity index (χ2v) is 11.8. The van der Waals surface area contributed by atoms with Gasteiger partial charge >= 0.3 is 0 Å². The molecule has 2 amide bonds. The predicted octanol–water partition coefficient (Wildman–Crippen LogP) is 6.36. The molecule has 1 aliphatic carbocycles. The molecule has 1 aliphatic rings. The van der Waals surface area contributed by atoms with Gasteiger partial charge in [0.2, 0.25) is 5.91 Å². The van der Waals surface area contributed by atoms with Crippen LogP contribution in [-0.2, 0) is 21.5 Å². The van der Waals surface area contributed by atoms with Crippen LogP contribution < -0.4 is 10.1 Å². The van der Waals surface area contributed by atoms with E-state index in [9.17, 15) is 9.59 Å². The molecule has 2 aromatic rings. The number of halogens is 2. The van der Waals surface area contributed by atoms with E-state index in [2.05, 4.69) is 57.9 Å². The number of rotatable bonds is 8. The van der Waals surface area contributed by atoms with Crippen LogP contribution in [0.25, 0.3) is 0 Å². The van der Waals surface area contributed by atoms with Crippen molar-refractivity contribution in [1.82, 2.24) is 10.2 Å². The predicted molar refractivity (Wildman–Crippen MR) is 143 cm³/mol. The fraction of sp³-hybridized carbons (Fsp3) is 0.481. The zero-order valence-electron chi connectivity index (χ0n) is 20.4. The van der Waals surface area contributed by atoms with Gasteiger partial charge < -0.3 is 15.0 Å². The number of hydrogen-bond acceptors (Lipinski definition) is 3. The average Bonchev–Trinajstić information content (AvgIpc) is 3.29. The smallest absolute Gasteiger partial charge is 0.261 e. The molecule has 0 spiro atoms. The average molecular weight is 594 g/mol. The van der Waals surface area contributed by atoms with Crippen molar-refractivity contribution in [3.05, 3.63) is 62.5 Å². The number of nitrogens with zero attached hydrogens (tertiary/aromatic N) is 1. The first-order valence-electron chi connectivity index (χ1n) is 11.8. The van der Waals surface area contributed by atoms with E-state index in [4.69, 9.17) is 4.74 Å². The largest absolute Gasteiger partial charge is 0.483 e. The highest BCUT2D eigenvalue weighted by atomic mass is 79.9. The third-order valence-corrected chi connectivity index (χ3v) is 7.43. The number of hydrogen-bond donors (Lipinski definition) is 1. The molecule has 184 valence electrons. The van der Waals surface area contributed by atoms with E-state index in [-0.39, 0.29) is 29.9 Å². The van der Waals surface area contributed by atoms with Crippen molar-refractivity contribution in [2.75, 3.05) is 6.61 Å². The van der Waals surface area contributed by atoms with Gasteiger partial charge in [-0.05, 0) is 76.5 Å².